The van der Waals surface area contributed by atoms with Crippen LogP contribution < -0.4 is 11.5 Å². The topological polar surface area (TPSA) is 72.3 Å². The molecule has 0 fully saturated rings. The average molecular weight is 259 g/mol. The summed E-state index contributed by atoms with van der Waals surface area (Å²) in [5, 5.41) is 9.78. The Kier molecular flexibility index (Phi) is 3.92. The fourth-order valence-electron chi connectivity index (χ4n) is 1.38. The maximum Gasteiger partial charge on any atom is 0.123 e. The van der Waals surface area contributed by atoms with Crippen LogP contribution >= 0.6 is 15.9 Å². The monoisotopic (exact) mass is 258 g/mol. The molecule has 14 heavy (non-hydrogen) atoms. The summed E-state index contributed by atoms with van der Waals surface area (Å²) in [6, 6.07) is 3.49. The molecule has 4 heteroatoms. The first-order chi connectivity index (χ1) is 6.56. The molecule has 78 valence electrons. The SMILES string of the molecule is Cc1cc(Br)cc([C@@H](N)CCN)c1O. The minimum absolute atomic E-state index is 0.198. The molecule has 0 radical (unpaired) electrons. The number of nitrogens with two attached hydrogens (primary N) is 2. The maximum absolute atomic E-state index is 9.78. The number of hydrogen-bond donors (Lipinski definition) is 3. The molecule has 0 saturated carbocycles. The molecule has 1 atom stereocenters. The zero-order chi connectivity index (χ0) is 10.7. The van der Waals surface area contributed by atoms with Gasteiger partial charge < -0.3 is 16.6 Å². The van der Waals surface area contributed by atoms with Gasteiger partial charge >= 0.3 is 0 Å². The molecule has 0 amide bonds. The lowest BCUT2D eigenvalue weighted by atomic mass is 10.0. The van der Waals surface area contributed by atoms with Crippen molar-refractivity contribution < 1.29 is 5.11 Å². The molecule has 0 aromatic heterocycles. The van der Waals surface area contributed by atoms with Crippen molar-refractivity contribution in [2.24, 2.45) is 11.5 Å². The average Bonchev–Trinajstić information content (AvgIpc) is 2.11. The molecule has 0 aliphatic heterocycles. The van der Waals surface area contributed by atoms with Gasteiger partial charge in [-0.15, -0.1) is 0 Å². The third kappa shape index (κ3) is 2.47. The molecule has 0 aliphatic carbocycles. The largest absolute Gasteiger partial charge is 0.507 e. The number of rotatable bonds is 3. The Labute approximate surface area is 92.2 Å². The third-order valence-corrected chi connectivity index (χ3v) is 2.63. The molecule has 0 bridgehead atoms. The van der Waals surface area contributed by atoms with Crippen molar-refractivity contribution in [3.63, 3.8) is 0 Å². The lowest BCUT2D eigenvalue weighted by Crippen LogP contribution is -2.15. The van der Waals surface area contributed by atoms with Crippen LogP contribution in [-0.4, -0.2) is 11.7 Å². The van der Waals surface area contributed by atoms with Crippen LogP contribution in [0.5, 0.6) is 5.75 Å². The van der Waals surface area contributed by atoms with Crippen LogP contribution in [0.3, 0.4) is 0 Å². The van der Waals surface area contributed by atoms with Gasteiger partial charge in [0.15, 0.2) is 0 Å². The Bertz CT molecular complexity index is 328. The van der Waals surface area contributed by atoms with E-state index in [1.165, 1.54) is 0 Å². The number of phenolic OH excluding ortho intramolecular Hbond substituents is 1. The lowest BCUT2D eigenvalue weighted by Gasteiger charge is -2.14. The predicted octanol–water partition coefficient (Wildman–Crippen LogP) is 1.81. The van der Waals surface area contributed by atoms with Crippen molar-refractivity contribution in [1.82, 2.24) is 0 Å². The van der Waals surface area contributed by atoms with Gasteiger partial charge in [0.1, 0.15) is 5.75 Å². The molecule has 0 aliphatic rings. The summed E-state index contributed by atoms with van der Waals surface area (Å²) in [4.78, 5) is 0. The van der Waals surface area contributed by atoms with E-state index in [1.54, 1.807) is 0 Å². The Morgan fingerprint density at radius 1 is 1.50 bits per heavy atom. The van der Waals surface area contributed by atoms with E-state index in [1.807, 2.05) is 19.1 Å². The summed E-state index contributed by atoms with van der Waals surface area (Å²) in [7, 11) is 0. The van der Waals surface area contributed by atoms with Crippen molar-refractivity contribution in [2.45, 2.75) is 19.4 Å². The van der Waals surface area contributed by atoms with Gasteiger partial charge in [0.05, 0.1) is 0 Å². The van der Waals surface area contributed by atoms with Gasteiger partial charge in [-0.2, -0.15) is 0 Å². The minimum atomic E-state index is -0.198. The van der Waals surface area contributed by atoms with Crippen LogP contribution in [0.25, 0.3) is 0 Å². The van der Waals surface area contributed by atoms with Gasteiger partial charge in [0, 0.05) is 16.1 Å². The van der Waals surface area contributed by atoms with Crippen LogP contribution in [0.15, 0.2) is 16.6 Å². The summed E-state index contributed by atoms with van der Waals surface area (Å²) in [6.45, 7) is 2.37. The van der Waals surface area contributed by atoms with Crippen LogP contribution in [0, 0.1) is 6.92 Å². The Morgan fingerprint density at radius 3 is 2.71 bits per heavy atom. The molecule has 1 aromatic rings. The highest BCUT2D eigenvalue weighted by atomic mass is 79.9. The maximum atomic E-state index is 9.78. The number of hydrogen-bond acceptors (Lipinski definition) is 3. The molecule has 5 N–H and O–H groups in total. The summed E-state index contributed by atoms with van der Waals surface area (Å²) in [5.41, 5.74) is 12.9. The fourth-order valence-corrected chi connectivity index (χ4v) is 1.97. The normalized spacial score (nSPS) is 12.9. The highest BCUT2D eigenvalue weighted by Crippen LogP contribution is 2.31. The second-order valence-electron chi connectivity index (χ2n) is 3.34. The Morgan fingerprint density at radius 2 is 2.14 bits per heavy atom. The third-order valence-electron chi connectivity index (χ3n) is 2.17. The predicted molar refractivity (Wildman–Crippen MR) is 61.1 cm³/mol. The van der Waals surface area contributed by atoms with Gasteiger partial charge in [-0.25, -0.2) is 0 Å². The summed E-state index contributed by atoms with van der Waals surface area (Å²) in [5.74, 6) is 0.272. The molecule has 1 aromatic carbocycles. The fraction of sp³-hybridized carbons (Fsp3) is 0.400. The quantitative estimate of drug-likeness (QED) is 0.775. The summed E-state index contributed by atoms with van der Waals surface area (Å²) < 4.78 is 0.926. The van der Waals surface area contributed by atoms with Crippen LogP contribution in [0.2, 0.25) is 0 Å². The van der Waals surface area contributed by atoms with E-state index in [-0.39, 0.29) is 11.8 Å². The highest BCUT2D eigenvalue weighted by molar-refractivity contribution is 9.10. The Hall–Kier alpha value is -0.580. The first-order valence-electron chi connectivity index (χ1n) is 4.51. The second kappa shape index (κ2) is 4.77. The molecule has 1 rings (SSSR count). The summed E-state index contributed by atoms with van der Waals surface area (Å²) >= 11 is 3.37. The highest BCUT2D eigenvalue weighted by Gasteiger charge is 2.12. The number of aryl methyl sites for hydroxylation is 1. The van der Waals surface area contributed by atoms with Crippen molar-refractivity contribution in [3.05, 3.63) is 27.7 Å². The lowest BCUT2D eigenvalue weighted by molar-refractivity contribution is 0.455. The number of benzene rings is 1. The molecule has 3 nitrogen and oxygen atoms in total. The Balaban J connectivity index is 3.07. The van der Waals surface area contributed by atoms with E-state index in [0.29, 0.717) is 13.0 Å². The molecule has 0 saturated heterocycles. The smallest absolute Gasteiger partial charge is 0.123 e. The number of phenols is 1. The van der Waals surface area contributed by atoms with Crippen LogP contribution in [0.4, 0.5) is 0 Å². The number of halogens is 1. The van der Waals surface area contributed by atoms with Crippen LogP contribution in [0.1, 0.15) is 23.6 Å². The van der Waals surface area contributed by atoms with Crippen molar-refractivity contribution in [1.29, 1.82) is 0 Å². The molecular formula is C10H15BrN2O. The first-order valence-corrected chi connectivity index (χ1v) is 5.30. The number of aromatic hydroxyl groups is 1. The minimum Gasteiger partial charge on any atom is -0.507 e. The molecule has 0 heterocycles. The zero-order valence-corrected chi connectivity index (χ0v) is 9.71. The van der Waals surface area contributed by atoms with Gasteiger partial charge in [0.2, 0.25) is 0 Å². The first kappa shape index (κ1) is 11.5. The van der Waals surface area contributed by atoms with Gasteiger partial charge in [-0.05, 0) is 37.6 Å². The van der Waals surface area contributed by atoms with Gasteiger partial charge in [-0.3, -0.25) is 0 Å². The van der Waals surface area contributed by atoms with E-state index < -0.39 is 0 Å². The molecule has 0 spiro atoms. The van der Waals surface area contributed by atoms with E-state index in [9.17, 15) is 5.11 Å². The second-order valence-corrected chi connectivity index (χ2v) is 4.26. The van der Waals surface area contributed by atoms with E-state index in [2.05, 4.69) is 15.9 Å². The van der Waals surface area contributed by atoms with Crippen molar-refractivity contribution >= 4 is 15.9 Å². The van der Waals surface area contributed by atoms with E-state index in [0.717, 1.165) is 15.6 Å². The van der Waals surface area contributed by atoms with Crippen LogP contribution in [-0.2, 0) is 0 Å². The van der Waals surface area contributed by atoms with Crippen molar-refractivity contribution in [3.8, 4) is 5.75 Å². The molecular weight excluding hydrogens is 244 g/mol. The van der Waals surface area contributed by atoms with Crippen molar-refractivity contribution in [2.75, 3.05) is 6.54 Å². The van der Waals surface area contributed by atoms with E-state index >= 15 is 0 Å². The molecule has 0 unspecified atom stereocenters. The zero-order valence-electron chi connectivity index (χ0n) is 8.13. The van der Waals surface area contributed by atoms with E-state index in [4.69, 9.17) is 11.5 Å². The summed E-state index contributed by atoms with van der Waals surface area (Å²) in [6.07, 6.45) is 0.670. The van der Waals surface area contributed by atoms with Gasteiger partial charge in [0.25, 0.3) is 0 Å². The van der Waals surface area contributed by atoms with Gasteiger partial charge in [-0.1, -0.05) is 15.9 Å². The standard InChI is InChI=1S/C10H15BrN2O/c1-6-4-7(11)5-8(10(6)14)9(13)2-3-12/h4-5,9,14H,2-3,12-13H2,1H3/t9-/m0/s1.